The van der Waals surface area contributed by atoms with Crippen LogP contribution in [0.2, 0.25) is 0 Å². The zero-order chi connectivity index (χ0) is 25.2. The van der Waals surface area contributed by atoms with E-state index in [-0.39, 0.29) is 17.1 Å². The van der Waals surface area contributed by atoms with Gasteiger partial charge in [-0.05, 0) is 61.2 Å². The van der Waals surface area contributed by atoms with Crippen molar-refractivity contribution in [2.45, 2.75) is 39.7 Å². The molecule has 1 aromatic heterocycles. The average Bonchev–Trinajstić information content (AvgIpc) is 3.17. The van der Waals surface area contributed by atoms with E-state index in [2.05, 4.69) is 6.92 Å². The molecule has 7 nitrogen and oxygen atoms in total. The quantitative estimate of drug-likeness (QED) is 0.524. The fraction of sp³-hybridized carbons (Fsp3) is 0.448. The lowest BCUT2D eigenvalue weighted by atomic mass is 9.97. The number of aryl methyl sites for hydroxylation is 2. The number of hydrogen-bond donors (Lipinski definition) is 1. The Hall–Kier alpha value is -3.16. The molecule has 2 aliphatic rings. The van der Waals surface area contributed by atoms with Crippen LogP contribution in [0.4, 0.5) is 0 Å². The highest BCUT2D eigenvalue weighted by Gasteiger charge is 2.42. The number of carbonyl (C=O) groups is 1. The molecule has 0 aliphatic carbocycles. The predicted molar refractivity (Wildman–Crippen MR) is 138 cm³/mol. The Morgan fingerprint density at radius 1 is 1.06 bits per heavy atom. The molecule has 2 aromatic carbocycles. The Morgan fingerprint density at radius 3 is 2.50 bits per heavy atom. The molecule has 190 valence electrons. The minimum atomic E-state index is -0.477. The van der Waals surface area contributed by atoms with E-state index < -0.39 is 6.04 Å². The molecular formula is C29H35N2O5+. The third-order valence-corrected chi connectivity index (χ3v) is 7.38. The lowest BCUT2D eigenvalue weighted by molar-refractivity contribution is -0.908. The van der Waals surface area contributed by atoms with Crippen LogP contribution in [0.1, 0.15) is 58.6 Å². The van der Waals surface area contributed by atoms with Crippen LogP contribution < -0.4 is 15.1 Å². The van der Waals surface area contributed by atoms with Crippen molar-refractivity contribution >= 4 is 16.9 Å². The standard InChI is InChI=1S/C29H34N2O5/c1-4-14-35-22-8-6-21(7-9-22)26-25-27(32)23-17-19(2)20(3)18-24(23)36-28(25)29(33)31(26)11-5-10-30-12-15-34-16-13-30/h6-9,17-18,26H,4-5,10-16H2,1-3H3/p+1. The molecule has 0 bridgehead atoms. The van der Waals surface area contributed by atoms with E-state index in [1.807, 2.05) is 55.1 Å². The highest BCUT2D eigenvalue weighted by Crippen LogP contribution is 2.39. The van der Waals surface area contributed by atoms with Gasteiger partial charge in [0.1, 0.15) is 24.4 Å². The second kappa shape index (κ2) is 10.4. The largest absolute Gasteiger partial charge is 0.494 e. The fourth-order valence-corrected chi connectivity index (χ4v) is 5.23. The van der Waals surface area contributed by atoms with Crippen LogP contribution in [0.15, 0.2) is 45.6 Å². The first-order valence-electron chi connectivity index (χ1n) is 13.0. The number of rotatable bonds is 8. The first kappa shape index (κ1) is 24.5. The molecule has 0 radical (unpaired) electrons. The minimum Gasteiger partial charge on any atom is -0.494 e. The SMILES string of the molecule is CCCOc1ccc(C2c3c(oc4cc(C)c(C)cc4c3=O)C(=O)N2CCC[NH+]2CCOCC2)cc1. The number of amides is 1. The molecule has 1 atom stereocenters. The maximum absolute atomic E-state index is 13.8. The van der Waals surface area contributed by atoms with Crippen LogP contribution in [0.25, 0.3) is 11.0 Å². The average molecular weight is 492 g/mol. The second-order valence-electron chi connectivity index (χ2n) is 9.89. The molecule has 1 amide bonds. The third kappa shape index (κ3) is 4.65. The summed E-state index contributed by atoms with van der Waals surface area (Å²) in [6.07, 6.45) is 1.77. The topological polar surface area (TPSA) is 73.4 Å². The molecule has 7 heteroatoms. The van der Waals surface area contributed by atoms with Crippen molar-refractivity contribution in [3.63, 3.8) is 0 Å². The van der Waals surface area contributed by atoms with Gasteiger partial charge in [0.05, 0.1) is 43.4 Å². The fourth-order valence-electron chi connectivity index (χ4n) is 5.23. The molecule has 1 fully saturated rings. The lowest BCUT2D eigenvalue weighted by Gasteiger charge is -2.27. The molecule has 5 rings (SSSR count). The second-order valence-corrected chi connectivity index (χ2v) is 9.89. The summed E-state index contributed by atoms with van der Waals surface area (Å²) in [5.41, 5.74) is 3.73. The summed E-state index contributed by atoms with van der Waals surface area (Å²) < 4.78 is 17.4. The maximum atomic E-state index is 13.8. The van der Waals surface area contributed by atoms with Gasteiger partial charge in [-0.1, -0.05) is 19.1 Å². The van der Waals surface area contributed by atoms with E-state index in [0.717, 1.165) is 68.1 Å². The molecule has 1 saturated heterocycles. The molecule has 36 heavy (non-hydrogen) atoms. The smallest absolute Gasteiger partial charge is 0.290 e. The van der Waals surface area contributed by atoms with Gasteiger partial charge in [-0.25, -0.2) is 0 Å². The number of quaternary nitrogens is 1. The molecule has 0 saturated carbocycles. The van der Waals surface area contributed by atoms with Crippen molar-refractivity contribution in [1.29, 1.82) is 0 Å². The van der Waals surface area contributed by atoms with Crippen molar-refractivity contribution < 1.29 is 23.6 Å². The Kier molecular flexibility index (Phi) is 7.12. The Bertz CT molecular complexity index is 1310. The summed E-state index contributed by atoms with van der Waals surface area (Å²) in [6, 6.07) is 11.0. The van der Waals surface area contributed by atoms with E-state index in [1.54, 1.807) is 0 Å². The third-order valence-electron chi connectivity index (χ3n) is 7.38. The monoisotopic (exact) mass is 491 g/mol. The summed E-state index contributed by atoms with van der Waals surface area (Å²) in [6.45, 7) is 11.7. The van der Waals surface area contributed by atoms with Crippen molar-refractivity contribution in [3.8, 4) is 5.75 Å². The van der Waals surface area contributed by atoms with Crippen LogP contribution in [-0.4, -0.2) is 56.8 Å². The summed E-state index contributed by atoms with van der Waals surface area (Å²) in [4.78, 5) is 30.8. The van der Waals surface area contributed by atoms with Crippen LogP contribution in [-0.2, 0) is 4.74 Å². The molecule has 1 unspecified atom stereocenters. The molecule has 0 spiro atoms. The first-order valence-corrected chi connectivity index (χ1v) is 13.0. The highest BCUT2D eigenvalue weighted by atomic mass is 16.5. The van der Waals surface area contributed by atoms with Crippen LogP contribution in [0.5, 0.6) is 5.75 Å². The Labute approximate surface area is 211 Å². The van der Waals surface area contributed by atoms with Crippen molar-refractivity contribution in [2.75, 3.05) is 46.0 Å². The van der Waals surface area contributed by atoms with Gasteiger partial charge in [0, 0.05) is 13.0 Å². The van der Waals surface area contributed by atoms with Crippen LogP contribution in [0, 0.1) is 13.8 Å². The Morgan fingerprint density at radius 2 is 1.78 bits per heavy atom. The summed E-state index contributed by atoms with van der Waals surface area (Å²) >= 11 is 0. The molecule has 3 heterocycles. The van der Waals surface area contributed by atoms with Gasteiger partial charge in [0.25, 0.3) is 5.91 Å². The number of nitrogens with one attached hydrogen (secondary N) is 1. The maximum Gasteiger partial charge on any atom is 0.290 e. The van der Waals surface area contributed by atoms with Gasteiger partial charge in [-0.3, -0.25) is 9.59 Å². The first-order chi connectivity index (χ1) is 17.5. The van der Waals surface area contributed by atoms with Gasteiger partial charge in [0.2, 0.25) is 5.76 Å². The van der Waals surface area contributed by atoms with E-state index in [4.69, 9.17) is 13.9 Å². The molecular weight excluding hydrogens is 456 g/mol. The van der Waals surface area contributed by atoms with Crippen molar-refractivity contribution in [1.82, 2.24) is 4.90 Å². The van der Waals surface area contributed by atoms with Gasteiger partial charge < -0.3 is 23.7 Å². The van der Waals surface area contributed by atoms with Crippen molar-refractivity contribution in [2.24, 2.45) is 0 Å². The Balaban J connectivity index is 1.52. The molecule has 2 aliphatic heterocycles. The van der Waals surface area contributed by atoms with E-state index >= 15 is 0 Å². The van der Waals surface area contributed by atoms with Crippen molar-refractivity contribution in [3.05, 3.63) is 74.6 Å². The predicted octanol–water partition coefficient (Wildman–Crippen LogP) is 3.05. The number of ether oxygens (including phenoxy) is 2. The van der Waals surface area contributed by atoms with Gasteiger partial charge in [0.15, 0.2) is 5.43 Å². The zero-order valence-electron chi connectivity index (χ0n) is 21.4. The van der Waals surface area contributed by atoms with Gasteiger partial charge in [-0.15, -0.1) is 0 Å². The van der Waals surface area contributed by atoms with Crippen LogP contribution in [0.3, 0.4) is 0 Å². The number of benzene rings is 2. The number of fused-ring (bicyclic) bond motifs is 2. The van der Waals surface area contributed by atoms with Gasteiger partial charge in [-0.2, -0.15) is 0 Å². The van der Waals surface area contributed by atoms with Gasteiger partial charge >= 0.3 is 0 Å². The number of carbonyl (C=O) groups excluding carboxylic acids is 1. The van der Waals surface area contributed by atoms with E-state index in [0.29, 0.717) is 29.7 Å². The minimum absolute atomic E-state index is 0.125. The van der Waals surface area contributed by atoms with E-state index in [1.165, 1.54) is 4.90 Å². The zero-order valence-corrected chi connectivity index (χ0v) is 21.4. The summed E-state index contributed by atoms with van der Waals surface area (Å²) in [7, 11) is 0. The summed E-state index contributed by atoms with van der Waals surface area (Å²) in [5, 5.41) is 0.525. The number of hydrogen-bond acceptors (Lipinski definition) is 5. The normalized spacial score (nSPS) is 18.1. The lowest BCUT2D eigenvalue weighted by Crippen LogP contribution is -3.14. The van der Waals surface area contributed by atoms with Crippen LogP contribution >= 0.6 is 0 Å². The van der Waals surface area contributed by atoms with E-state index in [9.17, 15) is 9.59 Å². The molecule has 1 N–H and O–H groups in total. The number of nitrogens with zero attached hydrogens (tertiary/aromatic N) is 1. The summed E-state index contributed by atoms with van der Waals surface area (Å²) in [5.74, 6) is 0.741. The molecule has 3 aromatic rings. The number of morpholine rings is 1. The highest BCUT2D eigenvalue weighted by molar-refractivity contribution is 5.99.